The zero-order chi connectivity index (χ0) is 12.1. The smallest absolute Gasteiger partial charge is 0.0783 e. The number of hydrogen-bond acceptors (Lipinski definition) is 3. The van der Waals surface area contributed by atoms with Gasteiger partial charge in [-0.05, 0) is 50.3 Å². The highest BCUT2D eigenvalue weighted by atomic mass is 32.2. The lowest BCUT2D eigenvalue weighted by molar-refractivity contribution is -0.0807. The van der Waals surface area contributed by atoms with Gasteiger partial charge >= 0.3 is 0 Å². The minimum atomic E-state index is 0.277. The molecule has 3 heteroatoms. The van der Waals surface area contributed by atoms with Crippen molar-refractivity contribution in [3.63, 3.8) is 0 Å². The number of hydrogen-bond donors (Lipinski definition) is 1. The number of rotatable bonds is 5. The van der Waals surface area contributed by atoms with Gasteiger partial charge in [-0.2, -0.15) is 11.8 Å². The van der Waals surface area contributed by atoms with Crippen molar-refractivity contribution in [2.24, 2.45) is 5.92 Å². The fourth-order valence-electron chi connectivity index (χ4n) is 3.02. The van der Waals surface area contributed by atoms with Crippen LogP contribution in [-0.4, -0.2) is 36.3 Å². The summed E-state index contributed by atoms with van der Waals surface area (Å²) in [5.74, 6) is 3.46. The summed E-state index contributed by atoms with van der Waals surface area (Å²) in [6.07, 6.45) is 6.61. The summed E-state index contributed by atoms with van der Waals surface area (Å²) in [4.78, 5) is 0. The molecule has 2 heterocycles. The molecule has 0 aromatic carbocycles. The van der Waals surface area contributed by atoms with E-state index in [-0.39, 0.29) is 5.60 Å². The molecule has 1 spiro atoms. The van der Waals surface area contributed by atoms with Crippen LogP contribution in [0.1, 0.15) is 46.0 Å². The first kappa shape index (κ1) is 13.7. The van der Waals surface area contributed by atoms with E-state index in [2.05, 4.69) is 30.9 Å². The second kappa shape index (κ2) is 6.44. The largest absolute Gasteiger partial charge is 0.374 e. The Morgan fingerprint density at radius 1 is 1.47 bits per heavy atom. The first-order chi connectivity index (χ1) is 8.20. The van der Waals surface area contributed by atoms with E-state index in [1.807, 2.05) is 0 Å². The van der Waals surface area contributed by atoms with Crippen LogP contribution in [0.3, 0.4) is 0 Å². The maximum atomic E-state index is 6.06. The van der Waals surface area contributed by atoms with Crippen LogP contribution < -0.4 is 5.32 Å². The monoisotopic (exact) mass is 257 g/mol. The molecule has 17 heavy (non-hydrogen) atoms. The number of ether oxygens (including phenoxy) is 1. The Labute approximate surface area is 110 Å². The fourth-order valence-corrected chi connectivity index (χ4v) is 4.40. The van der Waals surface area contributed by atoms with E-state index in [1.165, 1.54) is 50.2 Å². The molecule has 0 aromatic rings. The van der Waals surface area contributed by atoms with Crippen LogP contribution in [0.15, 0.2) is 0 Å². The number of thioether (sulfide) groups is 1. The predicted molar refractivity (Wildman–Crippen MR) is 75.7 cm³/mol. The fraction of sp³-hybridized carbons (Fsp3) is 1.00. The average molecular weight is 257 g/mol. The van der Waals surface area contributed by atoms with Crippen molar-refractivity contribution in [1.29, 1.82) is 0 Å². The Balaban J connectivity index is 1.67. The highest BCUT2D eigenvalue weighted by Crippen LogP contribution is 2.41. The van der Waals surface area contributed by atoms with Crippen LogP contribution in [-0.2, 0) is 4.74 Å². The summed E-state index contributed by atoms with van der Waals surface area (Å²) in [7, 11) is 0. The normalized spacial score (nSPS) is 33.7. The third kappa shape index (κ3) is 4.15. The molecule has 1 N–H and O–H groups in total. The van der Waals surface area contributed by atoms with Crippen LogP contribution in [0.25, 0.3) is 0 Å². The molecule has 2 saturated heterocycles. The summed E-state index contributed by atoms with van der Waals surface area (Å²) >= 11 is 2.08. The molecule has 2 aliphatic heterocycles. The third-order valence-corrected chi connectivity index (χ3v) is 5.23. The van der Waals surface area contributed by atoms with E-state index in [0.29, 0.717) is 6.04 Å². The Kier molecular flexibility index (Phi) is 5.19. The first-order valence-electron chi connectivity index (χ1n) is 7.15. The van der Waals surface area contributed by atoms with Crippen molar-refractivity contribution < 1.29 is 4.74 Å². The van der Waals surface area contributed by atoms with E-state index in [9.17, 15) is 0 Å². The second-order valence-corrected chi connectivity index (χ2v) is 7.05. The molecule has 0 aliphatic carbocycles. The van der Waals surface area contributed by atoms with E-state index >= 15 is 0 Å². The quantitative estimate of drug-likeness (QED) is 0.765. The molecule has 0 aromatic heterocycles. The Morgan fingerprint density at radius 3 is 3.06 bits per heavy atom. The van der Waals surface area contributed by atoms with Crippen molar-refractivity contribution in [3.8, 4) is 0 Å². The molecule has 2 unspecified atom stereocenters. The maximum absolute atomic E-state index is 6.06. The summed E-state index contributed by atoms with van der Waals surface area (Å²) in [5, 5.41) is 3.51. The maximum Gasteiger partial charge on any atom is 0.0783 e. The Bertz CT molecular complexity index is 226. The van der Waals surface area contributed by atoms with Crippen molar-refractivity contribution in [2.75, 3.05) is 24.7 Å². The van der Waals surface area contributed by atoms with Crippen molar-refractivity contribution in [1.82, 2.24) is 5.32 Å². The van der Waals surface area contributed by atoms with Gasteiger partial charge < -0.3 is 10.1 Å². The average Bonchev–Trinajstić information content (AvgIpc) is 2.73. The SMILES string of the molecule is CC(C)NCCCC1CCOC2(CCSC2)C1. The third-order valence-electron chi connectivity index (χ3n) is 4.00. The van der Waals surface area contributed by atoms with Crippen molar-refractivity contribution in [2.45, 2.75) is 57.6 Å². The summed E-state index contributed by atoms with van der Waals surface area (Å²) in [6.45, 7) is 6.62. The topological polar surface area (TPSA) is 21.3 Å². The Hall–Kier alpha value is 0.270. The van der Waals surface area contributed by atoms with Gasteiger partial charge in [-0.3, -0.25) is 0 Å². The van der Waals surface area contributed by atoms with Gasteiger partial charge in [0.15, 0.2) is 0 Å². The van der Waals surface area contributed by atoms with Crippen LogP contribution in [0.2, 0.25) is 0 Å². The first-order valence-corrected chi connectivity index (χ1v) is 8.31. The lowest BCUT2D eigenvalue weighted by atomic mass is 9.83. The van der Waals surface area contributed by atoms with Crippen molar-refractivity contribution >= 4 is 11.8 Å². The van der Waals surface area contributed by atoms with Gasteiger partial charge in [-0.1, -0.05) is 13.8 Å². The molecule has 2 aliphatic rings. The molecule has 2 atom stereocenters. The summed E-state index contributed by atoms with van der Waals surface area (Å²) in [5.41, 5.74) is 0.277. The Morgan fingerprint density at radius 2 is 2.35 bits per heavy atom. The second-order valence-electron chi connectivity index (χ2n) is 5.94. The van der Waals surface area contributed by atoms with Gasteiger partial charge in [0, 0.05) is 18.4 Å². The molecule has 0 amide bonds. The highest BCUT2D eigenvalue weighted by molar-refractivity contribution is 7.99. The van der Waals surface area contributed by atoms with Gasteiger partial charge in [0.1, 0.15) is 0 Å². The summed E-state index contributed by atoms with van der Waals surface area (Å²) in [6, 6.07) is 0.627. The number of nitrogens with one attached hydrogen (secondary N) is 1. The van der Waals surface area contributed by atoms with Crippen LogP contribution in [0.5, 0.6) is 0 Å². The lowest BCUT2D eigenvalue weighted by Crippen LogP contribution is -2.40. The molecule has 2 fully saturated rings. The molecule has 0 saturated carbocycles. The van der Waals surface area contributed by atoms with Gasteiger partial charge in [-0.15, -0.1) is 0 Å². The minimum absolute atomic E-state index is 0.277. The van der Waals surface area contributed by atoms with Crippen LogP contribution >= 0.6 is 11.8 Å². The van der Waals surface area contributed by atoms with Crippen LogP contribution in [0, 0.1) is 5.92 Å². The molecule has 100 valence electrons. The summed E-state index contributed by atoms with van der Waals surface area (Å²) < 4.78 is 6.06. The highest BCUT2D eigenvalue weighted by Gasteiger charge is 2.39. The standard InChI is InChI=1S/C14H27NOS/c1-12(2)15-7-3-4-13-5-8-16-14(10-13)6-9-17-11-14/h12-13,15H,3-11H2,1-2H3. The van der Waals surface area contributed by atoms with E-state index in [1.54, 1.807) is 0 Å². The molecule has 2 nitrogen and oxygen atoms in total. The minimum Gasteiger partial charge on any atom is -0.374 e. The lowest BCUT2D eigenvalue weighted by Gasteiger charge is -2.38. The van der Waals surface area contributed by atoms with Gasteiger partial charge in [0.25, 0.3) is 0 Å². The zero-order valence-electron chi connectivity index (χ0n) is 11.3. The molecule has 0 bridgehead atoms. The van der Waals surface area contributed by atoms with Gasteiger partial charge in [0.05, 0.1) is 5.60 Å². The molecule has 0 radical (unpaired) electrons. The van der Waals surface area contributed by atoms with E-state index < -0.39 is 0 Å². The van der Waals surface area contributed by atoms with Gasteiger partial charge in [0.2, 0.25) is 0 Å². The van der Waals surface area contributed by atoms with Crippen LogP contribution in [0.4, 0.5) is 0 Å². The van der Waals surface area contributed by atoms with E-state index in [0.717, 1.165) is 12.5 Å². The zero-order valence-corrected chi connectivity index (χ0v) is 12.2. The predicted octanol–water partition coefficient (Wildman–Crippen LogP) is 3.07. The van der Waals surface area contributed by atoms with Gasteiger partial charge in [-0.25, -0.2) is 0 Å². The molecule has 2 rings (SSSR count). The van der Waals surface area contributed by atoms with Crippen molar-refractivity contribution in [3.05, 3.63) is 0 Å². The molecular weight excluding hydrogens is 230 g/mol. The molecular formula is C14H27NOS. The van der Waals surface area contributed by atoms with E-state index in [4.69, 9.17) is 4.74 Å².